The van der Waals surface area contributed by atoms with Gasteiger partial charge < -0.3 is 0 Å². The summed E-state index contributed by atoms with van der Waals surface area (Å²) in [7, 11) is 0. The van der Waals surface area contributed by atoms with Crippen molar-refractivity contribution in [3.63, 3.8) is 0 Å². The van der Waals surface area contributed by atoms with Gasteiger partial charge in [-0.15, -0.1) is 0 Å². The second-order valence-electron chi connectivity index (χ2n) is 5.69. The van der Waals surface area contributed by atoms with Crippen molar-refractivity contribution in [1.82, 2.24) is 9.78 Å². The van der Waals surface area contributed by atoms with Crippen LogP contribution in [0.5, 0.6) is 0 Å². The van der Waals surface area contributed by atoms with Crippen LogP contribution in [0.15, 0.2) is 9.27 Å². The van der Waals surface area contributed by atoms with Crippen molar-refractivity contribution < 1.29 is 0 Å². The highest BCUT2D eigenvalue weighted by molar-refractivity contribution is 9.10. The highest BCUT2D eigenvalue weighted by Gasteiger charge is 2.22. The van der Waals surface area contributed by atoms with Crippen LogP contribution >= 0.6 is 15.9 Å². The minimum absolute atomic E-state index is 0.0406. The molecule has 0 fully saturated rings. The van der Waals surface area contributed by atoms with Gasteiger partial charge in [-0.05, 0) is 28.3 Å². The van der Waals surface area contributed by atoms with Gasteiger partial charge in [-0.25, -0.2) is 0 Å². The van der Waals surface area contributed by atoms with Gasteiger partial charge in [-0.1, -0.05) is 34.6 Å². The van der Waals surface area contributed by atoms with Crippen LogP contribution in [0.1, 0.15) is 46.7 Å². The van der Waals surface area contributed by atoms with Crippen LogP contribution in [-0.4, -0.2) is 9.78 Å². The minimum Gasteiger partial charge on any atom is -0.298 e. The monoisotopic (exact) mass is 288 g/mol. The lowest BCUT2D eigenvalue weighted by Gasteiger charge is -2.16. The number of rotatable bonds is 3. The predicted octanol–water partition coefficient (Wildman–Crippen LogP) is 3.28. The zero-order valence-electron chi connectivity index (χ0n) is 10.7. The number of nitrogens with zero attached hydrogens (tertiary/aromatic N) is 1. The van der Waals surface area contributed by atoms with Crippen molar-refractivity contribution >= 4 is 15.9 Å². The first-order chi connectivity index (χ1) is 7.23. The van der Waals surface area contributed by atoms with Crippen LogP contribution < -0.4 is 5.56 Å². The standard InChI is InChI=1S/C12H21BrN2O/c1-8(2)6-7-15-11(16)9(13)10(14-15)12(3,4)5/h8,14H,6-7H2,1-5H3. The molecular weight excluding hydrogens is 268 g/mol. The number of nitrogens with one attached hydrogen (secondary N) is 1. The Kier molecular flexibility index (Phi) is 4.05. The van der Waals surface area contributed by atoms with Crippen LogP contribution in [0.25, 0.3) is 0 Å². The number of aromatic nitrogens is 2. The highest BCUT2D eigenvalue weighted by atomic mass is 79.9. The van der Waals surface area contributed by atoms with Gasteiger partial charge in [0, 0.05) is 12.0 Å². The molecule has 0 spiro atoms. The molecule has 3 nitrogen and oxygen atoms in total. The van der Waals surface area contributed by atoms with E-state index in [2.05, 4.69) is 55.6 Å². The predicted molar refractivity (Wildman–Crippen MR) is 70.9 cm³/mol. The second-order valence-corrected chi connectivity index (χ2v) is 6.48. The first-order valence-electron chi connectivity index (χ1n) is 5.72. The molecule has 0 radical (unpaired) electrons. The summed E-state index contributed by atoms with van der Waals surface area (Å²) in [5, 5.41) is 3.20. The fourth-order valence-electron chi connectivity index (χ4n) is 1.50. The Morgan fingerprint density at radius 3 is 2.31 bits per heavy atom. The Morgan fingerprint density at radius 2 is 1.94 bits per heavy atom. The summed E-state index contributed by atoms with van der Waals surface area (Å²) in [5.41, 5.74) is 0.980. The summed E-state index contributed by atoms with van der Waals surface area (Å²) in [5.74, 6) is 0.604. The smallest absolute Gasteiger partial charge is 0.281 e. The fourth-order valence-corrected chi connectivity index (χ4v) is 2.40. The maximum Gasteiger partial charge on any atom is 0.281 e. The molecule has 0 aliphatic carbocycles. The molecule has 0 aromatic carbocycles. The van der Waals surface area contributed by atoms with E-state index in [1.807, 2.05) is 0 Å². The number of halogens is 1. The van der Waals surface area contributed by atoms with E-state index in [0.29, 0.717) is 10.4 Å². The molecule has 1 N–H and O–H groups in total. The van der Waals surface area contributed by atoms with E-state index in [9.17, 15) is 4.79 Å². The van der Waals surface area contributed by atoms with Gasteiger partial charge >= 0.3 is 0 Å². The molecule has 0 saturated carbocycles. The van der Waals surface area contributed by atoms with Crippen LogP contribution in [-0.2, 0) is 12.0 Å². The van der Waals surface area contributed by atoms with Gasteiger partial charge in [0.1, 0.15) is 4.47 Å². The Hall–Kier alpha value is -0.510. The fraction of sp³-hybridized carbons (Fsp3) is 0.750. The molecule has 0 aliphatic heterocycles. The number of hydrogen-bond donors (Lipinski definition) is 1. The van der Waals surface area contributed by atoms with Crippen LogP contribution in [0.4, 0.5) is 0 Å². The topological polar surface area (TPSA) is 37.8 Å². The van der Waals surface area contributed by atoms with Crippen LogP contribution in [0, 0.1) is 5.92 Å². The van der Waals surface area contributed by atoms with E-state index >= 15 is 0 Å². The van der Waals surface area contributed by atoms with Crippen molar-refractivity contribution in [2.24, 2.45) is 5.92 Å². The van der Waals surface area contributed by atoms with Gasteiger partial charge in [-0.2, -0.15) is 0 Å². The van der Waals surface area contributed by atoms with Gasteiger partial charge in [-0.3, -0.25) is 14.6 Å². The largest absolute Gasteiger partial charge is 0.298 e. The third kappa shape index (κ3) is 3.00. The maximum absolute atomic E-state index is 11.9. The number of aryl methyl sites for hydroxylation is 1. The minimum atomic E-state index is -0.0406. The summed E-state index contributed by atoms with van der Waals surface area (Å²) >= 11 is 3.38. The van der Waals surface area contributed by atoms with E-state index in [1.54, 1.807) is 4.68 Å². The zero-order chi connectivity index (χ0) is 12.5. The van der Waals surface area contributed by atoms with Gasteiger partial charge in [0.25, 0.3) is 5.56 Å². The summed E-state index contributed by atoms with van der Waals surface area (Å²) in [4.78, 5) is 11.9. The molecule has 0 atom stereocenters. The van der Waals surface area contributed by atoms with E-state index in [-0.39, 0.29) is 11.0 Å². The lowest BCUT2D eigenvalue weighted by atomic mass is 9.93. The lowest BCUT2D eigenvalue weighted by molar-refractivity contribution is 0.465. The van der Waals surface area contributed by atoms with Crippen LogP contribution in [0.2, 0.25) is 0 Å². The molecule has 0 aliphatic rings. The summed E-state index contributed by atoms with van der Waals surface area (Å²) in [6.07, 6.45) is 1.01. The highest BCUT2D eigenvalue weighted by Crippen LogP contribution is 2.25. The van der Waals surface area contributed by atoms with Crippen molar-refractivity contribution in [1.29, 1.82) is 0 Å². The molecule has 0 bridgehead atoms. The first-order valence-corrected chi connectivity index (χ1v) is 6.51. The van der Waals surface area contributed by atoms with Crippen molar-refractivity contribution in [2.45, 2.75) is 53.0 Å². The average molecular weight is 289 g/mol. The average Bonchev–Trinajstić information content (AvgIpc) is 2.40. The summed E-state index contributed by atoms with van der Waals surface area (Å²) in [6.45, 7) is 11.4. The number of hydrogen-bond acceptors (Lipinski definition) is 1. The maximum atomic E-state index is 11.9. The molecule has 0 unspecified atom stereocenters. The van der Waals surface area contributed by atoms with E-state index in [4.69, 9.17) is 0 Å². The van der Waals surface area contributed by atoms with Gasteiger partial charge in [0.05, 0.1) is 5.69 Å². The summed E-state index contributed by atoms with van der Waals surface area (Å²) in [6, 6.07) is 0. The van der Waals surface area contributed by atoms with Crippen molar-refractivity contribution in [2.75, 3.05) is 0 Å². The van der Waals surface area contributed by atoms with E-state index < -0.39 is 0 Å². The van der Waals surface area contributed by atoms with E-state index in [1.165, 1.54) is 0 Å². The second kappa shape index (κ2) is 4.78. The molecule has 1 aromatic rings. The van der Waals surface area contributed by atoms with Crippen LogP contribution in [0.3, 0.4) is 0 Å². The molecule has 1 heterocycles. The quantitative estimate of drug-likeness (QED) is 0.911. The summed E-state index contributed by atoms with van der Waals surface area (Å²) < 4.78 is 2.37. The molecular formula is C12H21BrN2O. The normalized spacial score (nSPS) is 12.4. The molecule has 1 aromatic heterocycles. The molecule has 0 saturated heterocycles. The zero-order valence-corrected chi connectivity index (χ0v) is 12.3. The van der Waals surface area contributed by atoms with Crippen molar-refractivity contribution in [3.05, 3.63) is 20.5 Å². The lowest BCUT2D eigenvalue weighted by Crippen LogP contribution is -2.18. The molecule has 4 heteroatoms. The van der Waals surface area contributed by atoms with Gasteiger partial charge in [0.2, 0.25) is 0 Å². The SMILES string of the molecule is CC(C)CCn1[nH]c(C(C)(C)C)c(Br)c1=O. The third-order valence-electron chi connectivity index (χ3n) is 2.58. The van der Waals surface area contributed by atoms with Gasteiger partial charge in [0.15, 0.2) is 0 Å². The molecule has 1 rings (SSSR count). The Labute approximate surface area is 105 Å². The Balaban J connectivity index is 3.01. The molecule has 92 valence electrons. The Bertz CT molecular complexity index is 410. The third-order valence-corrected chi connectivity index (χ3v) is 3.31. The Morgan fingerprint density at radius 1 is 1.38 bits per heavy atom. The number of aromatic amines is 1. The number of H-pyrrole nitrogens is 1. The first kappa shape index (κ1) is 13.6. The van der Waals surface area contributed by atoms with E-state index in [0.717, 1.165) is 18.7 Å². The molecule has 0 amide bonds. The van der Waals surface area contributed by atoms with Crippen molar-refractivity contribution in [3.8, 4) is 0 Å². The molecule has 16 heavy (non-hydrogen) atoms.